The summed E-state index contributed by atoms with van der Waals surface area (Å²) >= 11 is 0. The third-order valence-corrected chi connectivity index (χ3v) is 6.83. The molecular weight excluding hydrogens is 582 g/mol. The number of rotatable bonds is 18. The topological polar surface area (TPSA) is 228 Å². The molecular formula is C27H47N7O10. The molecule has 0 aromatic carbocycles. The van der Waals surface area contributed by atoms with E-state index in [-0.39, 0.29) is 39.3 Å². The van der Waals surface area contributed by atoms with Crippen molar-refractivity contribution in [3.05, 3.63) is 10.4 Å². The molecule has 4 amide bonds. The van der Waals surface area contributed by atoms with E-state index in [1.165, 1.54) is 16.7 Å². The van der Waals surface area contributed by atoms with Gasteiger partial charge in [0, 0.05) is 24.4 Å². The predicted molar refractivity (Wildman–Crippen MR) is 155 cm³/mol. The van der Waals surface area contributed by atoms with E-state index in [1.54, 1.807) is 20.8 Å². The molecule has 2 heterocycles. The van der Waals surface area contributed by atoms with Crippen LogP contribution in [0.2, 0.25) is 0 Å². The van der Waals surface area contributed by atoms with Crippen molar-refractivity contribution in [2.75, 3.05) is 65.9 Å². The summed E-state index contributed by atoms with van der Waals surface area (Å²) in [4.78, 5) is 56.9. The number of nitrogens with zero attached hydrogens (tertiary/aromatic N) is 5. The van der Waals surface area contributed by atoms with Crippen LogP contribution in [-0.2, 0) is 38.1 Å². The quantitative estimate of drug-likeness (QED) is 0.0800. The minimum atomic E-state index is -1.30. The van der Waals surface area contributed by atoms with Crippen molar-refractivity contribution in [2.45, 2.75) is 82.9 Å². The number of nitrogens with one attached hydrogen (secondary N) is 1. The summed E-state index contributed by atoms with van der Waals surface area (Å²) in [6, 6.07) is -3.11. The molecule has 17 heteroatoms. The molecule has 2 saturated heterocycles. The van der Waals surface area contributed by atoms with E-state index < -0.39 is 59.7 Å². The SMILES string of the molecule is C[C@@H](O)[C@H](NC(=O)[C@@H]1CCCN1C(=O)[C@@H]1C[C@@H](OCCOCCOCCOCCN=[N+]=[N-])CN1C(=O)OC(C)(C)C)C(N)=O. The van der Waals surface area contributed by atoms with Gasteiger partial charge in [0.25, 0.3) is 0 Å². The number of aliphatic hydroxyl groups excluding tert-OH is 1. The van der Waals surface area contributed by atoms with E-state index in [4.69, 9.17) is 34.9 Å². The van der Waals surface area contributed by atoms with Crippen molar-refractivity contribution >= 4 is 23.8 Å². The van der Waals surface area contributed by atoms with Gasteiger partial charge in [0.15, 0.2) is 0 Å². The number of amides is 4. The first-order chi connectivity index (χ1) is 20.9. The van der Waals surface area contributed by atoms with Gasteiger partial charge in [-0.3, -0.25) is 19.3 Å². The lowest BCUT2D eigenvalue weighted by molar-refractivity contribution is -0.142. The van der Waals surface area contributed by atoms with Crippen LogP contribution in [0.25, 0.3) is 10.4 Å². The number of carbonyl (C=O) groups excluding carboxylic acids is 4. The van der Waals surface area contributed by atoms with Crippen LogP contribution in [0.3, 0.4) is 0 Å². The monoisotopic (exact) mass is 629 g/mol. The summed E-state index contributed by atoms with van der Waals surface area (Å²) in [7, 11) is 0. The largest absolute Gasteiger partial charge is 0.444 e. The summed E-state index contributed by atoms with van der Waals surface area (Å²) in [6.07, 6.45) is -1.25. The smallest absolute Gasteiger partial charge is 0.411 e. The molecule has 4 N–H and O–H groups in total. The van der Waals surface area contributed by atoms with E-state index in [1.807, 2.05) is 0 Å². The van der Waals surface area contributed by atoms with Gasteiger partial charge in [0.2, 0.25) is 17.7 Å². The number of primary amides is 1. The Labute approximate surface area is 257 Å². The van der Waals surface area contributed by atoms with Crippen LogP contribution < -0.4 is 11.1 Å². The molecule has 0 aromatic rings. The molecule has 17 nitrogen and oxygen atoms in total. The maximum atomic E-state index is 13.8. The number of azide groups is 1. The normalized spacial score (nSPS) is 21.4. The molecule has 2 aliphatic heterocycles. The number of aliphatic hydroxyl groups is 1. The highest BCUT2D eigenvalue weighted by atomic mass is 16.6. The average molecular weight is 630 g/mol. The van der Waals surface area contributed by atoms with Crippen molar-refractivity contribution in [1.82, 2.24) is 15.1 Å². The molecule has 44 heavy (non-hydrogen) atoms. The van der Waals surface area contributed by atoms with Gasteiger partial charge in [-0.15, -0.1) is 0 Å². The van der Waals surface area contributed by atoms with E-state index in [2.05, 4.69) is 15.3 Å². The Morgan fingerprint density at radius 2 is 1.64 bits per heavy atom. The maximum Gasteiger partial charge on any atom is 0.411 e. The van der Waals surface area contributed by atoms with Crippen LogP contribution in [0.5, 0.6) is 0 Å². The number of nitrogens with two attached hydrogens (primary N) is 1. The fourth-order valence-corrected chi connectivity index (χ4v) is 4.81. The number of ether oxygens (including phenoxy) is 5. The predicted octanol–water partition coefficient (Wildman–Crippen LogP) is 0.0830. The Hall–Kier alpha value is -3.21. The second kappa shape index (κ2) is 18.6. The van der Waals surface area contributed by atoms with Gasteiger partial charge in [-0.2, -0.15) is 0 Å². The minimum Gasteiger partial charge on any atom is -0.444 e. The van der Waals surface area contributed by atoms with E-state index in [9.17, 15) is 24.3 Å². The molecule has 0 spiro atoms. The lowest BCUT2D eigenvalue weighted by Gasteiger charge is -2.32. The summed E-state index contributed by atoms with van der Waals surface area (Å²) < 4.78 is 27.7. The first kappa shape index (κ1) is 37.0. The van der Waals surface area contributed by atoms with Crippen LogP contribution >= 0.6 is 0 Å². The molecule has 0 unspecified atom stereocenters. The van der Waals surface area contributed by atoms with Gasteiger partial charge in [-0.25, -0.2) is 4.79 Å². The highest BCUT2D eigenvalue weighted by molar-refractivity contribution is 5.94. The van der Waals surface area contributed by atoms with Crippen LogP contribution in [-0.4, -0.2) is 141 Å². The number of hydrogen-bond donors (Lipinski definition) is 3. The first-order valence-corrected chi connectivity index (χ1v) is 14.8. The van der Waals surface area contributed by atoms with E-state index in [0.717, 1.165) is 0 Å². The van der Waals surface area contributed by atoms with Gasteiger partial charge >= 0.3 is 6.09 Å². The van der Waals surface area contributed by atoms with Crippen molar-refractivity contribution in [3.63, 3.8) is 0 Å². The molecule has 0 aliphatic carbocycles. The third kappa shape index (κ3) is 12.4. The fourth-order valence-electron chi connectivity index (χ4n) is 4.81. The van der Waals surface area contributed by atoms with Gasteiger partial charge in [0.05, 0.1) is 65.0 Å². The number of likely N-dealkylation sites (tertiary alicyclic amines) is 2. The molecule has 0 aromatic heterocycles. The molecule has 5 atom stereocenters. The highest BCUT2D eigenvalue weighted by Crippen LogP contribution is 2.28. The van der Waals surface area contributed by atoms with Gasteiger partial charge in [0.1, 0.15) is 23.7 Å². The Morgan fingerprint density at radius 3 is 2.20 bits per heavy atom. The van der Waals surface area contributed by atoms with Crippen molar-refractivity contribution in [3.8, 4) is 0 Å². The summed E-state index contributed by atoms with van der Waals surface area (Å²) in [5.74, 6) is -1.92. The van der Waals surface area contributed by atoms with Crippen molar-refractivity contribution in [1.29, 1.82) is 0 Å². The molecule has 250 valence electrons. The van der Waals surface area contributed by atoms with Gasteiger partial charge < -0.3 is 44.7 Å². The van der Waals surface area contributed by atoms with E-state index in [0.29, 0.717) is 45.9 Å². The lowest BCUT2D eigenvalue weighted by Crippen LogP contribution is -2.57. The average Bonchev–Trinajstić information content (AvgIpc) is 3.60. The van der Waals surface area contributed by atoms with Crippen molar-refractivity contribution < 1.29 is 48.0 Å². The summed E-state index contributed by atoms with van der Waals surface area (Å²) in [5.41, 5.74) is 12.7. The molecule has 0 saturated carbocycles. The van der Waals surface area contributed by atoms with Crippen LogP contribution in [0.15, 0.2) is 5.11 Å². The zero-order chi connectivity index (χ0) is 32.7. The lowest BCUT2D eigenvalue weighted by atomic mass is 10.1. The number of carbonyl (C=O) groups is 4. The van der Waals surface area contributed by atoms with E-state index >= 15 is 0 Å². The standard InChI is InChI=1S/C27H47N7O10/c1-18(35)22(23(28)36)31-24(37)20-6-5-8-33(20)25(38)21-16-19(17-34(21)26(39)44-27(2,3)4)43-15-14-42-13-12-41-11-10-40-9-7-30-32-29/h18-22,35H,5-17H2,1-4H3,(H2,28,36)(H,31,37)/t18-,19-,20+,21+,22+/m1/s1. The van der Waals surface area contributed by atoms with Crippen LogP contribution in [0, 0.1) is 0 Å². The minimum absolute atomic E-state index is 0.116. The van der Waals surface area contributed by atoms with Crippen molar-refractivity contribution in [2.24, 2.45) is 10.8 Å². The van der Waals surface area contributed by atoms with Crippen LogP contribution in [0.4, 0.5) is 4.79 Å². The summed E-state index contributed by atoms with van der Waals surface area (Å²) in [6.45, 7) is 9.44. The molecule has 2 rings (SSSR count). The molecule has 0 radical (unpaired) electrons. The van der Waals surface area contributed by atoms with Gasteiger partial charge in [-0.1, -0.05) is 5.11 Å². The molecule has 0 bridgehead atoms. The second-order valence-corrected chi connectivity index (χ2v) is 11.5. The Kier molecular flexibility index (Phi) is 15.6. The Morgan fingerprint density at radius 1 is 1.02 bits per heavy atom. The zero-order valence-electron chi connectivity index (χ0n) is 26.0. The molecule has 2 aliphatic rings. The van der Waals surface area contributed by atoms with Gasteiger partial charge in [-0.05, 0) is 46.1 Å². The zero-order valence-corrected chi connectivity index (χ0v) is 26.0. The Bertz CT molecular complexity index is 1000. The fraction of sp³-hybridized carbons (Fsp3) is 0.852. The third-order valence-electron chi connectivity index (χ3n) is 6.83. The first-order valence-electron chi connectivity index (χ1n) is 14.8. The highest BCUT2D eigenvalue weighted by Gasteiger charge is 2.46. The second-order valence-electron chi connectivity index (χ2n) is 11.5. The number of hydrogen-bond acceptors (Lipinski definition) is 11. The maximum absolute atomic E-state index is 13.8. The Balaban J connectivity index is 1.89. The summed E-state index contributed by atoms with van der Waals surface area (Å²) in [5, 5.41) is 15.6. The van der Waals surface area contributed by atoms with Crippen LogP contribution in [0.1, 0.15) is 47.0 Å². The molecule has 2 fully saturated rings.